The van der Waals surface area contributed by atoms with Gasteiger partial charge in [0.25, 0.3) is 0 Å². The zero-order valence-electron chi connectivity index (χ0n) is 8.15. The van der Waals surface area contributed by atoms with E-state index in [9.17, 15) is 9.59 Å². The first kappa shape index (κ1) is 10.3. The number of rotatable bonds is 0. The van der Waals surface area contributed by atoms with E-state index in [4.69, 9.17) is 15.9 Å². The average Bonchev–Trinajstić information content (AvgIpc) is 2.52. The van der Waals surface area contributed by atoms with E-state index in [-0.39, 0.29) is 12.5 Å². The summed E-state index contributed by atoms with van der Waals surface area (Å²) in [5.74, 6) is -0.180. The first-order valence-corrected chi connectivity index (χ1v) is 4.54. The molecule has 0 aromatic carbocycles. The number of nitrogens with two attached hydrogens (primary N) is 1. The lowest BCUT2D eigenvalue weighted by Gasteiger charge is -2.31. The van der Waals surface area contributed by atoms with Gasteiger partial charge in [-0.1, -0.05) is 12.2 Å². The zero-order chi connectivity index (χ0) is 11.9. The number of fused-ring (bicyclic) bond motifs is 1. The summed E-state index contributed by atoms with van der Waals surface area (Å²) < 4.78 is 0. The van der Waals surface area contributed by atoms with E-state index in [1.165, 1.54) is 0 Å². The van der Waals surface area contributed by atoms with Crippen molar-refractivity contribution in [3.05, 3.63) is 12.2 Å². The molecule has 2 aliphatic rings. The number of hydrogen-bond acceptors (Lipinski definition) is 4. The van der Waals surface area contributed by atoms with E-state index in [2.05, 4.69) is 4.99 Å². The van der Waals surface area contributed by atoms with Crippen LogP contribution in [0.4, 0.5) is 9.59 Å². The van der Waals surface area contributed by atoms with Gasteiger partial charge in [-0.3, -0.25) is 4.90 Å². The third kappa shape index (κ3) is 1.35. The van der Waals surface area contributed by atoms with Crippen molar-refractivity contribution in [3.8, 4) is 0 Å². The molecule has 0 unspecified atom stereocenters. The standard InChI is InChI=1S/C8H10N4O4/c9-6-10-5-4(12(6)8(15)16)2-1-3-11(5)7(13)14/h1-2,4-5H,3H2,(H2,9,10)(H,13,14)(H,15,16)/t4-,5+/m1/s1. The largest absolute Gasteiger partial charge is 0.465 e. The molecule has 0 spiro atoms. The molecule has 2 atom stereocenters. The van der Waals surface area contributed by atoms with Gasteiger partial charge in [0.05, 0.1) is 0 Å². The highest BCUT2D eigenvalue weighted by atomic mass is 16.4. The van der Waals surface area contributed by atoms with E-state index in [1.54, 1.807) is 12.2 Å². The van der Waals surface area contributed by atoms with Crippen LogP contribution in [0.15, 0.2) is 17.1 Å². The van der Waals surface area contributed by atoms with Gasteiger partial charge in [-0.25, -0.2) is 19.5 Å². The SMILES string of the molecule is NC1=N[C@@H]2[C@@H](C=CCN2C(=O)O)N1C(=O)O. The van der Waals surface area contributed by atoms with Crippen molar-refractivity contribution in [2.75, 3.05) is 6.54 Å². The van der Waals surface area contributed by atoms with Crippen LogP contribution < -0.4 is 5.73 Å². The molecule has 2 rings (SSSR count). The minimum atomic E-state index is -1.24. The molecule has 4 N–H and O–H groups in total. The van der Waals surface area contributed by atoms with Crippen LogP contribution in [0.3, 0.4) is 0 Å². The molecule has 0 bridgehead atoms. The maximum Gasteiger partial charge on any atom is 0.414 e. The van der Waals surface area contributed by atoms with Crippen LogP contribution in [0, 0.1) is 0 Å². The molecule has 16 heavy (non-hydrogen) atoms. The van der Waals surface area contributed by atoms with Crippen molar-refractivity contribution in [3.63, 3.8) is 0 Å². The van der Waals surface area contributed by atoms with Crippen molar-refractivity contribution < 1.29 is 19.8 Å². The van der Waals surface area contributed by atoms with Crippen molar-refractivity contribution in [1.29, 1.82) is 0 Å². The van der Waals surface area contributed by atoms with Gasteiger partial charge in [0.15, 0.2) is 6.17 Å². The fourth-order valence-electron chi connectivity index (χ4n) is 1.84. The van der Waals surface area contributed by atoms with Gasteiger partial charge >= 0.3 is 12.2 Å². The Hall–Kier alpha value is -2.25. The Bertz CT molecular complexity index is 405. The predicted octanol–water partition coefficient (Wildman–Crippen LogP) is -0.461. The summed E-state index contributed by atoms with van der Waals surface area (Å²) in [4.78, 5) is 27.6. The molecule has 2 heterocycles. The Kier molecular flexibility index (Phi) is 2.18. The predicted molar refractivity (Wildman–Crippen MR) is 52.9 cm³/mol. The molecule has 2 amide bonds. The van der Waals surface area contributed by atoms with Crippen LogP contribution in [0.1, 0.15) is 0 Å². The summed E-state index contributed by atoms with van der Waals surface area (Å²) in [6.07, 6.45) is 0.00776. The molecule has 0 saturated heterocycles. The third-order valence-corrected chi connectivity index (χ3v) is 2.52. The van der Waals surface area contributed by atoms with Gasteiger partial charge in [-0.05, 0) is 0 Å². The Morgan fingerprint density at radius 2 is 2.12 bits per heavy atom. The van der Waals surface area contributed by atoms with Crippen LogP contribution in [0.25, 0.3) is 0 Å². The molecule has 0 aromatic heterocycles. The Labute approximate surface area is 90.3 Å². The number of carboxylic acid groups (broad SMARTS) is 2. The minimum absolute atomic E-state index is 0.180. The van der Waals surface area contributed by atoms with Crippen LogP contribution in [0.2, 0.25) is 0 Å². The van der Waals surface area contributed by atoms with E-state index >= 15 is 0 Å². The van der Waals surface area contributed by atoms with Gasteiger partial charge in [-0.15, -0.1) is 0 Å². The summed E-state index contributed by atoms with van der Waals surface area (Å²) in [5.41, 5.74) is 5.44. The molecule has 0 aromatic rings. The lowest BCUT2D eigenvalue weighted by atomic mass is 10.1. The monoisotopic (exact) mass is 226 g/mol. The second-order valence-corrected chi connectivity index (χ2v) is 3.41. The molecule has 86 valence electrons. The Morgan fingerprint density at radius 3 is 2.69 bits per heavy atom. The van der Waals surface area contributed by atoms with Gasteiger partial charge < -0.3 is 15.9 Å². The molecule has 0 aliphatic carbocycles. The van der Waals surface area contributed by atoms with Crippen LogP contribution in [0.5, 0.6) is 0 Å². The highest BCUT2D eigenvalue weighted by molar-refractivity contribution is 5.95. The molecule has 8 heteroatoms. The van der Waals surface area contributed by atoms with Crippen molar-refractivity contribution in [2.45, 2.75) is 12.2 Å². The first-order chi connectivity index (χ1) is 7.52. The van der Waals surface area contributed by atoms with E-state index < -0.39 is 24.4 Å². The molecule has 2 aliphatic heterocycles. The lowest BCUT2D eigenvalue weighted by molar-refractivity contribution is 0.111. The third-order valence-electron chi connectivity index (χ3n) is 2.52. The summed E-state index contributed by atoms with van der Waals surface area (Å²) in [6.45, 7) is 0.181. The number of hydrogen-bond donors (Lipinski definition) is 3. The van der Waals surface area contributed by atoms with Gasteiger partial charge in [-0.2, -0.15) is 0 Å². The molecular weight excluding hydrogens is 216 g/mol. The van der Waals surface area contributed by atoms with Crippen LogP contribution in [-0.4, -0.2) is 56.9 Å². The van der Waals surface area contributed by atoms with Crippen molar-refractivity contribution in [2.24, 2.45) is 10.7 Å². The fraction of sp³-hybridized carbons (Fsp3) is 0.375. The Balaban J connectivity index is 2.33. The fourth-order valence-corrected chi connectivity index (χ4v) is 1.84. The van der Waals surface area contributed by atoms with Crippen LogP contribution in [-0.2, 0) is 0 Å². The quantitative estimate of drug-likeness (QED) is 0.483. The van der Waals surface area contributed by atoms with Gasteiger partial charge in [0.1, 0.15) is 6.04 Å². The van der Waals surface area contributed by atoms with Crippen molar-refractivity contribution in [1.82, 2.24) is 9.80 Å². The van der Waals surface area contributed by atoms with E-state index in [0.29, 0.717) is 0 Å². The van der Waals surface area contributed by atoms with E-state index in [0.717, 1.165) is 9.80 Å². The molecular formula is C8H10N4O4. The molecule has 0 fully saturated rings. The minimum Gasteiger partial charge on any atom is -0.465 e. The number of nitrogens with zero attached hydrogens (tertiary/aromatic N) is 3. The number of carbonyl (C=O) groups is 2. The zero-order valence-corrected chi connectivity index (χ0v) is 8.15. The van der Waals surface area contributed by atoms with Crippen LogP contribution >= 0.6 is 0 Å². The summed E-state index contributed by atoms with van der Waals surface area (Å²) >= 11 is 0. The summed E-state index contributed by atoms with van der Waals surface area (Å²) in [5, 5.41) is 17.8. The second-order valence-electron chi connectivity index (χ2n) is 3.41. The second kappa shape index (κ2) is 3.40. The molecule has 0 saturated carbocycles. The maximum absolute atomic E-state index is 10.9. The molecule has 0 radical (unpaired) electrons. The smallest absolute Gasteiger partial charge is 0.414 e. The van der Waals surface area contributed by atoms with E-state index in [1.807, 2.05) is 0 Å². The summed E-state index contributed by atoms with van der Waals surface area (Å²) in [7, 11) is 0. The maximum atomic E-state index is 10.9. The Morgan fingerprint density at radius 1 is 1.44 bits per heavy atom. The normalized spacial score (nSPS) is 27.6. The average molecular weight is 226 g/mol. The first-order valence-electron chi connectivity index (χ1n) is 4.54. The lowest BCUT2D eigenvalue weighted by Crippen LogP contribution is -2.52. The highest BCUT2D eigenvalue weighted by Gasteiger charge is 2.43. The van der Waals surface area contributed by atoms with Crippen molar-refractivity contribution >= 4 is 18.1 Å². The number of guanidine groups is 1. The topological polar surface area (TPSA) is 119 Å². The van der Waals surface area contributed by atoms with Gasteiger partial charge in [0.2, 0.25) is 5.96 Å². The number of amides is 2. The number of aliphatic imine (C=N–C) groups is 1. The highest BCUT2D eigenvalue weighted by Crippen LogP contribution is 2.24. The molecule has 8 nitrogen and oxygen atoms in total. The van der Waals surface area contributed by atoms with Gasteiger partial charge in [0, 0.05) is 6.54 Å². The summed E-state index contributed by atoms with van der Waals surface area (Å²) in [6, 6.07) is -0.664.